The monoisotopic (exact) mass is 218 g/mol. The number of hydrogen-bond acceptors (Lipinski definition) is 3. The van der Waals surface area contributed by atoms with Gasteiger partial charge in [0.2, 0.25) is 6.10 Å². The van der Waals surface area contributed by atoms with Crippen molar-refractivity contribution in [3.63, 3.8) is 0 Å². The van der Waals surface area contributed by atoms with Crippen LogP contribution in [0.3, 0.4) is 0 Å². The van der Waals surface area contributed by atoms with Crippen molar-refractivity contribution < 1.29 is 14.3 Å². The molecule has 0 radical (unpaired) electrons. The normalized spacial score (nSPS) is 22.1. The highest BCUT2D eigenvalue weighted by atomic mass is 16.6. The zero-order valence-electron chi connectivity index (χ0n) is 9.18. The first-order valence-corrected chi connectivity index (χ1v) is 5.27. The Kier molecular flexibility index (Phi) is 2.95. The van der Waals surface area contributed by atoms with Gasteiger partial charge in [-0.3, -0.25) is 0 Å². The number of para-hydroxylation sites is 1. The Morgan fingerprint density at radius 2 is 2.31 bits per heavy atom. The molecule has 0 amide bonds. The molecule has 3 heteroatoms. The quantitative estimate of drug-likeness (QED) is 0.576. The van der Waals surface area contributed by atoms with Crippen LogP contribution in [0.25, 0.3) is 0 Å². The molecule has 1 aromatic carbocycles. The molecule has 2 unspecified atom stereocenters. The largest absolute Gasteiger partial charge is 0.478 e. The van der Waals surface area contributed by atoms with Crippen LogP contribution >= 0.6 is 0 Å². The van der Waals surface area contributed by atoms with Crippen molar-refractivity contribution >= 4 is 5.97 Å². The fraction of sp³-hybridized carbons (Fsp3) is 0.308. The topological polar surface area (TPSA) is 35.5 Å². The third-order valence-electron chi connectivity index (χ3n) is 2.69. The Labute approximate surface area is 94.7 Å². The van der Waals surface area contributed by atoms with Gasteiger partial charge in [0.05, 0.1) is 0 Å². The van der Waals surface area contributed by atoms with Gasteiger partial charge >= 0.3 is 5.97 Å². The number of benzene rings is 1. The lowest BCUT2D eigenvalue weighted by Crippen LogP contribution is -2.29. The van der Waals surface area contributed by atoms with Crippen LogP contribution in [0.4, 0.5) is 0 Å². The fourth-order valence-electron chi connectivity index (χ4n) is 1.84. The predicted molar refractivity (Wildman–Crippen MR) is 60.4 cm³/mol. The van der Waals surface area contributed by atoms with Crippen LogP contribution in [0.15, 0.2) is 36.9 Å². The van der Waals surface area contributed by atoms with Gasteiger partial charge in [-0.1, -0.05) is 37.8 Å². The van der Waals surface area contributed by atoms with Gasteiger partial charge in [-0.2, -0.15) is 0 Å². The van der Waals surface area contributed by atoms with Crippen molar-refractivity contribution in [3.8, 4) is 5.75 Å². The molecule has 0 bridgehead atoms. The van der Waals surface area contributed by atoms with E-state index in [1.807, 2.05) is 31.2 Å². The standard InChI is InChI=1S/C13H14O3/c1-3-8-15-13(14)12-9(2)10-6-4-5-7-11(10)16-12/h3-7,9,12H,1,8H2,2H3. The number of hydrogen-bond donors (Lipinski definition) is 0. The van der Waals surface area contributed by atoms with Crippen molar-refractivity contribution in [1.82, 2.24) is 0 Å². The Balaban J connectivity index is 2.12. The van der Waals surface area contributed by atoms with Gasteiger partial charge in [-0.15, -0.1) is 0 Å². The van der Waals surface area contributed by atoms with Crippen molar-refractivity contribution in [3.05, 3.63) is 42.5 Å². The van der Waals surface area contributed by atoms with E-state index in [9.17, 15) is 4.79 Å². The summed E-state index contributed by atoms with van der Waals surface area (Å²) in [4.78, 5) is 11.7. The number of carbonyl (C=O) groups is 1. The van der Waals surface area contributed by atoms with E-state index in [-0.39, 0.29) is 18.5 Å². The molecule has 0 aliphatic carbocycles. The molecule has 1 aromatic rings. The van der Waals surface area contributed by atoms with Crippen LogP contribution in [0.5, 0.6) is 5.75 Å². The molecule has 0 fully saturated rings. The van der Waals surface area contributed by atoms with Crippen molar-refractivity contribution in [2.75, 3.05) is 6.61 Å². The summed E-state index contributed by atoms with van der Waals surface area (Å²) in [7, 11) is 0. The summed E-state index contributed by atoms with van der Waals surface area (Å²) < 4.78 is 10.6. The van der Waals surface area contributed by atoms with Gasteiger partial charge in [-0.05, 0) is 6.07 Å². The summed E-state index contributed by atoms with van der Waals surface area (Å²) in [6.45, 7) is 5.69. The fourth-order valence-corrected chi connectivity index (χ4v) is 1.84. The molecule has 0 saturated carbocycles. The maximum absolute atomic E-state index is 11.7. The highest BCUT2D eigenvalue weighted by Crippen LogP contribution is 2.37. The van der Waals surface area contributed by atoms with E-state index >= 15 is 0 Å². The molecule has 1 aliphatic heterocycles. The van der Waals surface area contributed by atoms with Crippen LogP contribution < -0.4 is 4.74 Å². The molecular weight excluding hydrogens is 204 g/mol. The third-order valence-corrected chi connectivity index (χ3v) is 2.69. The summed E-state index contributed by atoms with van der Waals surface area (Å²) in [6, 6.07) is 7.67. The molecule has 1 aliphatic rings. The van der Waals surface area contributed by atoms with Gasteiger partial charge in [0.25, 0.3) is 0 Å². The van der Waals surface area contributed by atoms with E-state index < -0.39 is 6.10 Å². The first-order chi connectivity index (χ1) is 7.74. The molecule has 84 valence electrons. The number of fused-ring (bicyclic) bond motifs is 1. The van der Waals surface area contributed by atoms with E-state index in [4.69, 9.17) is 9.47 Å². The number of rotatable bonds is 3. The third kappa shape index (κ3) is 1.81. The summed E-state index contributed by atoms with van der Waals surface area (Å²) in [5, 5.41) is 0. The maximum Gasteiger partial charge on any atom is 0.348 e. The molecule has 1 heterocycles. The average molecular weight is 218 g/mol. The number of esters is 1. The molecule has 2 atom stereocenters. The minimum absolute atomic E-state index is 0.0357. The predicted octanol–water partition coefficient (Wildman–Crippen LogP) is 2.28. The minimum Gasteiger partial charge on any atom is -0.478 e. The Hall–Kier alpha value is -1.77. The summed E-state index contributed by atoms with van der Waals surface area (Å²) >= 11 is 0. The second-order valence-corrected chi connectivity index (χ2v) is 3.78. The first-order valence-electron chi connectivity index (χ1n) is 5.27. The number of carbonyl (C=O) groups excluding carboxylic acids is 1. The minimum atomic E-state index is -0.530. The Bertz CT molecular complexity index is 411. The van der Waals surface area contributed by atoms with E-state index in [0.717, 1.165) is 11.3 Å². The molecular formula is C13H14O3. The van der Waals surface area contributed by atoms with E-state index in [1.54, 1.807) is 6.08 Å². The van der Waals surface area contributed by atoms with E-state index in [2.05, 4.69) is 6.58 Å². The molecule has 0 aromatic heterocycles. The van der Waals surface area contributed by atoms with Gasteiger partial charge in [0.1, 0.15) is 12.4 Å². The van der Waals surface area contributed by atoms with E-state index in [0.29, 0.717) is 0 Å². The van der Waals surface area contributed by atoms with Crippen LogP contribution in [-0.2, 0) is 9.53 Å². The molecule has 3 nitrogen and oxygen atoms in total. The van der Waals surface area contributed by atoms with Crippen LogP contribution in [0, 0.1) is 0 Å². The van der Waals surface area contributed by atoms with Crippen LogP contribution in [0.2, 0.25) is 0 Å². The highest BCUT2D eigenvalue weighted by Gasteiger charge is 2.37. The van der Waals surface area contributed by atoms with Gasteiger partial charge in [0.15, 0.2) is 0 Å². The van der Waals surface area contributed by atoms with Crippen LogP contribution in [0.1, 0.15) is 18.4 Å². The summed E-state index contributed by atoms with van der Waals surface area (Å²) in [5.41, 5.74) is 1.06. The lowest BCUT2D eigenvalue weighted by Gasteiger charge is -2.13. The summed E-state index contributed by atoms with van der Waals surface area (Å²) in [6.07, 6.45) is 1.02. The van der Waals surface area contributed by atoms with Gasteiger partial charge < -0.3 is 9.47 Å². The van der Waals surface area contributed by atoms with Crippen LogP contribution in [-0.4, -0.2) is 18.7 Å². The Morgan fingerprint density at radius 3 is 3.00 bits per heavy atom. The molecule has 2 rings (SSSR count). The highest BCUT2D eigenvalue weighted by molar-refractivity contribution is 5.78. The smallest absolute Gasteiger partial charge is 0.348 e. The second-order valence-electron chi connectivity index (χ2n) is 3.78. The van der Waals surface area contributed by atoms with Crippen molar-refractivity contribution in [2.24, 2.45) is 0 Å². The molecule has 0 N–H and O–H groups in total. The maximum atomic E-state index is 11.7. The van der Waals surface area contributed by atoms with E-state index in [1.165, 1.54) is 0 Å². The molecule has 16 heavy (non-hydrogen) atoms. The van der Waals surface area contributed by atoms with Gasteiger partial charge in [-0.25, -0.2) is 4.79 Å². The molecule has 0 spiro atoms. The van der Waals surface area contributed by atoms with Crippen molar-refractivity contribution in [1.29, 1.82) is 0 Å². The second kappa shape index (κ2) is 4.39. The SMILES string of the molecule is C=CCOC(=O)C1Oc2ccccc2C1C. The Morgan fingerprint density at radius 1 is 1.56 bits per heavy atom. The first kappa shape index (κ1) is 10.7. The zero-order chi connectivity index (χ0) is 11.5. The van der Waals surface area contributed by atoms with Gasteiger partial charge in [0, 0.05) is 11.5 Å². The molecule has 0 saturated heterocycles. The van der Waals surface area contributed by atoms with Crippen molar-refractivity contribution in [2.45, 2.75) is 18.9 Å². The zero-order valence-corrected chi connectivity index (χ0v) is 9.18. The lowest BCUT2D eigenvalue weighted by molar-refractivity contribution is -0.150. The summed E-state index contributed by atoms with van der Waals surface area (Å²) in [5.74, 6) is 0.479. The average Bonchev–Trinajstić information content (AvgIpc) is 2.64. The lowest BCUT2D eigenvalue weighted by atomic mass is 9.98. The number of ether oxygens (including phenoxy) is 2.